The van der Waals surface area contributed by atoms with Gasteiger partial charge in [0.05, 0.1) is 6.54 Å². The summed E-state index contributed by atoms with van der Waals surface area (Å²) in [7, 11) is 0. The number of benzene rings is 1. The number of rotatable bonds is 5. The van der Waals surface area contributed by atoms with Crippen LogP contribution < -0.4 is 10.2 Å². The van der Waals surface area contributed by atoms with Crippen molar-refractivity contribution < 1.29 is 4.79 Å². The number of amides is 1. The van der Waals surface area contributed by atoms with Crippen LogP contribution in [-0.2, 0) is 11.3 Å². The molecule has 1 fully saturated rings. The van der Waals surface area contributed by atoms with Gasteiger partial charge in [-0.15, -0.1) is 0 Å². The summed E-state index contributed by atoms with van der Waals surface area (Å²) < 4.78 is 0. The van der Waals surface area contributed by atoms with Crippen LogP contribution in [0.3, 0.4) is 0 Å². The minimum atomic E-state index is 0.149. The molecular weight excluding hydrogens is 302 g/mol. The highest BCUT2D eigenvalue weighted by Gasteiger charge is 2.21. The van der Waals surface area contributed by atoms with Crippen molar-refractivity contribution in [3.63, 3.8) is 0 Å². The molecule has 6 nitrogen and oxygen atoms in total. The Labute approximate surface area is 142 Å². The Morgan fingerprint density at radius 2 is 1.75 bits per heavy atom. The van der Waals surface area contributed by atoms with Crippen molar-refractivity contribution >= 4 is 11.9 Å². The number of nitrogens with one attached hydrogen (secondary N) is 1. The molecule has 1 aliphatic heterocycles. The quantitative estimate of drug-likeness (QED) is 0.896. The van der Waals surface area contributed by atoms with Gasteiger partial charge in [0.15, 0.2) is 0 Å². The van der Waals surface area contributed by atoms with Crippen molar-refractivity contribution in [2.75, 3.05) is 37.6 Å². The SMILES string of the molecule is Cc1ccc(CNCC(=O)N2CCN(c3ncccn3)CC2)cc1. The van der Waals surface area contributed by atoms with E-state index in [1.165, 1.54) is 11.1 Å². The fraction of sp³-hybridized carbons (Fsp3) is 0.389. The average Bonchev–Trinajstić information content (AvgIpc) is 2.64. The molecule has 3 rings (SSSR count). The molecule has 2 aromatic rings. The Hall–Kier alpha value is -2.47. The molecule has 2 heterocycles. The molecular formula is C18H23N5O. The first-order valence-corrected chi connectivity index (χ1v) is 8.28. The van der Waals surface area contributed by atoms with Gasteiger partial charge in [0.2, 0.25) is 11.9 Å². The fourth-order valence-electron chi connectivity index (χ4n) is 2.74. The largest absolute Gasteiger partial charge is 0.338 e. The number of nitrogens with zero attached hydrogens (tertiary/aromatic N) is 4. The molecule has 24 heavy (non-hydrogen) atoms. The average molecular weight is 325 g/mol. The van der Waals surface area contributed by atoms with Gasteiger partial charge < -0.3 is 15.1 Å². The van der Waals surface area contributed by atoms with Crippen LogP contribution in [0.1, 0.15) is 11.1 Å². The van der Waals surface area contributed by atoms with Gasteiger partial charge in [0.25, 0.3) is 0 Å². The third kappa shape index (κ3) is 4.29. The number of hydrogen-bond acceptors (Lipinski definition) is 5. The van der Waals surface area contributed by atoms with Crippen molar-refractivity contribution in [1.82, 2.24) is 20.2 Å². The third-order valence-corrected chi connectivity index (χ3v) is 4.19. The van der Waals surface area contributed by atoms with E-state index in [9.17, 15) is 4.79 Å². The number of piperazine rings is 1. The van der Waals surface area contributed by atoms with Crippen LogP contribution >= 0.6 is 0 Å². The van der Waals surface area contributed by atoms with E-state index in [0.717, 1.165) is 19.0 Å². The van der Waals surface area contributed by atoms with Gasteiger partial charge in [-0.25, -0.2) is 9.97 Å². The molecule has 1 amide bonds. The highest BCUT2D eigenvalue weighted by atomic mass is 16.2. The van der Waals surface area contributed by atoms with E-state index in [4.69, 9.17) is 0 Å². The molecule has 0 bridgehead atoms. The first kappa shape index (κ1) is 16.4. The molecule has 0 atom stereocenters. The topological polar surface area (TPSA) is 61.4 Å². The predicted molar refractivity (Wildman–Crippen MR) is 93.7 cm³/mol. The fourth-order valence-corrected chi connectivity index (χ4v) is 2.74. The van der Waals surface area contributed by atoms with Crippen molar-refractivity contribution in [3.05, 3.63) is 53.9 Å². The van der Waals surface area contributed by atoms with E-state index < -0.39 is 0 Å². The van der Waals surface area contributed by atoms with Crippen LogP contribution in [0.15, 0.2) is 42.7 Å². The summed E-state index contributed by atoms with van der Waals surface area (Å²) in [4.78, 5) is 24.8. The molecule has 0 radical (unpaired) electrons. The van der Waals surface area contributed by atoms with E-state index in [1.807, 2.05) is 11.0 Å². The molecule has 0 aliphatic carbocycles. The smallest absolute Gasteiger partial charge is 0.236 e. The molecule has 1 aliphatic rings. The minimum absolute atomic E-state index is 0.149. The molecule has 126 valence electrons. The Bertz CT molecular complexity index is 651. The number of carbonyl (C=O) groups excluding carboxylic acids is 1. The van der Waals surface area contributed by atoms with Crippen molar-refractivity contribution in [2.24, 2.45) is 0 Å². The second kappa shape index (κ2) is 7.88. The highest BCUT2D eigenvalue weighted by Crippen LogP contribution is 2.09. The number of carbonyl (C=O) groups is 1. The maximum Gasteiger partial charge on any atom is 0.236 e. The zero-order chi connectivity index (χ0) is 16.8. The number of aryl methyl sites for hydroxylation is 1. The summed E-state index contributed by atoms with van der Waals surface area (Å²) in [5.74, 6) is 0.887. The molecule has 0 saturated carbocycles. The van der Waals surface area contributed by atoms with Gasteiger partial charge in [-0.3, -0.25) is 4.79 Å². The Morgan fingerprint density at radius 1 is 1.08 bits per heavy atom. The van der Waals surface area contributed by atoms with Crippen LogP contribution in [0.5, 0.6) is 0 Å². The summed E-state index contributed by atoms with van der Waals surface area (Å²) in [6, 6.07) is 10.2. The summed E-state index contributed by atoms with van der Waals surface area (Å²) in [6.45, 7) is 6.12. The molecule has 1 N–H and O–H groups in total. The normalized spacial score (nSPS) is 14.7. The Kier molecular flexibility index (Phi) is 5.38. The van der Waals surface area contributed by atoms with Crippen LogP contribution in [0.4, 0.5) is 5.95 Å². The van der Waals surface area contributed by atoms with Crippen molar-refractivity contribution in [3.8, 4) is 0 Å². The lowest BCUT2D eigenvalue weighted by Gasteiger charge is -2.34. The minimum Gasteiger partial charge on any atom is -0.338 e. The van der Waals surface area contributed by atoms with Gasteiger partial charge in [-0.05, 0) is 18.6 Å². The molecule has 6 heteroatoms. The van der Waals surface area contributed by atoms with Crippen LogP contribution in [0, 0.1) is 6.92 Å². The maximum absolute atomic E-state index is 12.3. The van der Waals surface area contributed by atoms with E-state index in [1.54, 1.807) is 12.4 Å². The van der Waals surface area contributed by atoms with Crippen LogP contribution in [0.2, 0.25) is 0 Å². The van der Waals surface area contributed by atoms with Gasteiger partial charge >= 0.3 is 0 Å². The van der Waals surface area contributed by atoms with Crippen LogP contribution in [-0.4, -0.2) is 53.5 Å². The lowest BCUT2D eigenvalue weighted by molar-refractivity contribution is -0.130. The molecule has 0 unspecified atom stereocenters. The van der Waals surface area contributed by atoms with Gasteiger partial charge in [-0.2, -0.15) is 0 Å². The monoisotopic (exact) mass is 325 g/mol. The lowest BCUT2D eigenvalue weighted by atomic mass is 10.1. The maximum atomic E-state index is 12.3. The van der Waals surface area contributed by atoms with Crippen molar-refractivity contribution in [2.45, 2.75) is 13.5 Å². The summed E-state index contributed by atoms with van der Waals surface area (Å²) in [5.41, 5.74) is 2.44. The number of aromatic nitrogens is 2. The standard InChI is InChI=1S/C18H23N5O/c1-15-3-5-16(6-4-15)13-19-14-17(24)22-9-11-23(12-10-22)18-20-7-2-8-21-18/h2-8,19H,9-14H2,1H3. The first-order valence-electron chi connectivity index (χ1n) is 8.28. The zero-order valence-corrected chi connectivity index (χ0v) is 14.0. The third-order valence-electron chi connectivity index (χ3n) is 4.19. The van der Waals surface area contributed by atoms with Gasteiger partial charge in [0.1, 0.15) is 0 Å². The lowest BCUT2D eigenvalue weighted by Crippen LogP contribution is -2.51. The Balaban J connectivity index is 1.41. The second-order valence-electron chi connectivity index (χ2n) is 6.01. The number of anilines is 1. The van der Waals surface area contributed by atoms with Crippen LogP contribution in [0.25, 0.3) is 0 Å². The van der Waals surface area contributed by atoms with E-state index >= 15 is 0 Å². The summed E-state index contributed by atoms with van der Waals surface area (Å²) in [6.07, 6.45) is 3.49. The van der Waals surface area contributed by atoms with Gasteiger partial charge in [-0.1, -0.05) is 29.8 Å². The summed E-state index contributed by atoms with van der Waals surface area (Å²) >= 11 is 0. The summed E-state index contributed by atoms with van der Waals surface area (Å²) in [5, 5.41) is 3.23. The molecule has 1 saturated heterocycles. The molecule has 0 spiro atoms. The predicted octanol–water partition coefficient (Wildman–Crippen LogP) is 1.22. The van der Waals surface area contributed by atoms with E-state index in [0.29, 0.717) is 26.2 Å². The first-order chi connectivity index (χ1) is 11.7. The van der Waals surface area contributed by atoms with E-state index in [-0.39, 0.29) is 5.91 Å². The second-order valence-corrected chi connectivity index (χ2v) is 6.01. The van der Waals surface area contributed by atoms with Gasteiger partial charge in [0, 0.05) is 45.1 Å². The molecule has 1 aromatic heterocycles. The highest BCUT2D eigenvalue weighted by molar-refractivity contribution is 5.78. The molecule has 1 aromatic carbocycles. The Morgan fingerprint density at radius 3 is 2.42 bits per heavy atom. The van der Waals surface area contributed by atoms with E-state index in [2.05, 4.69) is 51.4 Å². The zero-order valence-electron chi connectivity index (χ0n) is 14.0. The van der Waals surface area contributed by atoms with Crippen molar-refractivity contribution in [1.29, 1.82) is 0 Å². The number of hydrogen-bond donors (Lipinski definition) is 1.